The molecule has 0 aromatic heterocycles. The number of methoxy groups -OCH3 is 1. The van der Waals surface area contributed by atoms with E-state index in [2.05, 4.69) is 10.7 Å². The van der Waals surface area contributed by atoms with Crippen molar-refractivity contribution in [3.05, 3.63) is 65.2 Å². The van der Waals surface area contributed by atoms with Crippen LogP contribution in [0.5, 0.6) is 5.75 Å². The highest BCUT2D eigenvalue weighted by Crippen LogP contribution is 2.32. The largest absolute Gasteiger partial charge is 0.497 e. The van der Waals surface area contributed by atoms with Crippen molar-refractivity contribution >= 4 is 17.8 Å². The maximum Gasteiger partial charge on any atom is 0.416 e. The number of carbonyl (C=O) groups is 3. The summed E-state index contributed by atoms with van der Waals surface area (Å²) in [6, 6.07) is 10.7. The molecule has 4 amide bonds. The smallest absolute Gasteiger partial charge is 0.416 e. The highest BCUT2D eigenvalue weighted by Gasteiger charge is 2.50. The minimum Gasteiger partial charge on any atom is -0.497 e. The van der Waals surface area contributed by atoms with Gasteiger partial charge in [0, 0.05) is 6.54 Å². The minimum atomic E-state index is -4.52. The number of amides is 4. The van der Waals surface area contributed by atoms with Gasteiger partial charge in [0.2, 0.25) is 0 Å². The van der Waals surface area contributed by atoms with E-state index in [1.165, 1.54) is 44.2 Å². The van der Waals surface area contributed by atoms with E-state index in [4.69, 9.17) is 4.74 Å². The molecule has 3 rings (SSSR count). The molecule has 0 spiro atoms. The Labute approximate surface area is 188 Å². The summed E-state index contributed by atoms with van der Waals surface area (Å²) in [5, 5.41) is 3.12. The number of hydrazine groups is 1. The molecule has 0 aliphatic carbocycles. The fraction of sp³-hybridized carbons (Fsp3) is 0.318. The molecule has 2 aromatic rings. The van der Waals surface area contributed by atoms with Gasteiger partial charge in [-0.05, 0) is 43.3 Å². The van der Waals surface area contributed by atoms with Gasteiger partial charge in [-0.3, -0.25) is 19.9 Å². The summed E-state index contributed by atoms with van der Waals surface area (Å²) in [6.07, 6.45) is -4.52. The fourth-order valence-corrected chi connectivity index (χ4v) is 3.55. The van der Waals surface area contributed by atoms with Crippen molar-refractivity contribution in [3.63, 3.8) is 0 Å². The molecule has 1 unspecified atom stereocenters. The standard InChI is InChI=1S/C22H23F3N4O4/c1-21(15-8-10-16(33-3)11-9-15)19(31)29(20(32)26-21)27-18(30)13-28(2)12-14-6-4-5-7-17(14)22(23,24)25/h4-11H,12-13H2,1-3H3,(H,26,32)(H,27,30). The normalized spacial score (nSPS) is 18.5. The van der Waals surface area contributed by atoms with Crippen LogP contribution in [0.2, 0.25) is 0 Å². The van der Waals surface area contributed by atoms with E-state index in [-0.39, 0.29) is 18.7 Å². The number of nitrogens with zero attached hydrogens (tertiary/aromatic N) is 2. The van der Waals surface area contributed by atoms with E-state index in [0.717, 1.165) is 6.07 Å². The molecule has 2 aromatic carbocycles. The Bertz CT molecular complexity index is 1060. The average Bonchev–Trinajstić information content (AvgIpc) is 2.97. The summed E-state index contributed by atoms with van der Waals surface area (Å²) >= 11 is 0. The van der Waals surface area contributed by atoms with Crippen molar-refractivity contribution in [2.75, 3.05) is 20.7 Å². The van der Waals surface area contributed by atoms with E-state index in [1.807, 2.05) is 0 Å². The van der Waals surface area contributed by atoms with Gasteiger partial charge >= 0.3 is 12.2 Å². The van der Waals surface area contributed by atoms with Gasteiger partial charge in [-0.1, -0.05) is 30.3 Å². The first-order chi connectivity index (χ1) is 15.5. The topological polar surface area (TPSA) is 91.0 Å². The third-order valence-electron chi connectivity index (χ3n) is 5.27. The second kappa shape index (κ2) is 9.10. The van der Waals surface area contributed by atoms with Gasteiger partial charge in [-0.15, -0.1) is 0 Å². The lowest BCUT2D eigenvalue weighted by Gasteiger charge is -2.23. The van der Waals surface area contributed by atoms with Crippen LogP contribution >= 0.6 is 0 Å². The van der Waals surface area contributed by atoms with Crippen LogP contribution in [-0.4, -0.2) is 48.5 Å². The van der Waals surface area contributed by atoms with Crippen molar-refractivity contribution in [1.29, 1.82) is 0 Å². The van der Waals surface area contributed by atoms with E-state index < -0.39 is 35.1 Å². The molecule has 1 atom stereocenters. The summed E-state index contributed by atoms with van der Waals surface area (Å²) in [6.45, 7) is 0.997. The maximum atomic E-state index is 13.2. The van der Waals surface area contributed by atoms with Crippen molar-refractivity contribution in [2.45, 2.75) is 25.2 Å². The summed E-state index contributed by atoms with van der Waals surface area (Å²) in [5.74, 6) is -0.861. The third-order valence-corrected chi connectivity index (χ3v) is 5.27. The van der Waals surface area contributed by atoms with E-state index in [9.17, 15) is 27.6 Å². The van der Waals surface area contributed by atoms with E-state index in [1.54, 1.807) is 24.3 Å². The molecule has 1 aliphatic heterocycles. The first kappa shape index (κ1) is 24.1. The number of rotatable bonds is 7. The predicted octanol–water partition coefficient (Wildman–Crippen LogP) is 2.64. The molecule has 33 heavy (non-hydrogen) atoms. The van der Waals surface area contributed by atoms with Crippen molar-refractivity contribution in [1.82, 2.24) is 20.7 Å². The summed E-state index contributed by atoms with van der Waals surface area (Å²) in [7, 11) is 2.95. The fourth-order valence-electron chi connectivity index (χ4n) is 3.55. The van der Waals surface area contributed by atoms with Crippen LogP contribution in [0.15, 0.2) is 48.5 Å². The molecule has 1 heterocycles. The Morgan fingerprint density at radius 1 is 1.15 bits per heavy atom. The van der Waals surface area contributed by atoms with Crippen LogP contribution in [0.3, 0.4) is 0 Å². The van der Waals surface area contributed by atoms with E-state index >= 15 is 0 Å². The Hall–Kier alpha value is -3.60. The molecule has 1 aliphatic rings. The predicted molar refractivity (Wildman–Crippen MR) is 112 cm³/mol. The number of alkyl halides is 3. The average molecular weight is 464 g/mol. The minimum absolute atomic E-state index is 0.00220. The van der Waals surface area contributed by atoms with Crippen LogP contribution in [0.1, 0.15) is 23.6 Å². The summed E-state index contributed by atoms with van der Waals surface area (Å²) in [4.78, 5) is 39.1. The van der Waals surface area contributed by atoms with Gasteiger partial charge in [0.25, 0.3) is 11.8 Å². The molecular weight excluding hydrogens is 441 g/mol. The molecule has 1 fully saturated rings. The van der Waals surface area contributed by atoms with Gasteiger partial charge in [-0.25, -0.2) is 4.79 Å². The lowest BCUT2D eigenvalue weighted by molar-refractivity contribution is -0.139. The van der Waals surface area contributed by atoms with Crippen LogP contribution in [0.4, 0.5) is 18.0 Å². The lowest BCUT2D eigenvalue weighted by atomic mass is 9.92. The molecule has 11 heteroatoms. The van der Waals surface area contributed by atoms with Crippen LogP contribution < -0.4 is 15.5 Å². The zero-order valence-corrected chi connectivity index (χ0v) is 18.2. The van der Waals surface area contributed by atoms with Gasteiger partial charge in [0.05, 0.1) is 19.2 Å². The van der Waals surface area contributed by atoms with E-state index in [0.29, 0.717) is 16.3 Å². The number of ether oxygens (including phenoxy) is 1. The molecule has 0 radical (unpaired) electrons. The quantitative estimate of drug-likeness (QED) is 0.615. The van der Waals surface area contributed by atoms with Crippen LogP contribution in [0.25, 0.3) is 0 Å². The number of halogens is 3. The summed E-state index contributed by atoms with van der Waals surface area (Å²) in [5.41, 5.74) is 0.521. The van der Waals surface area contributed by atoms with Crippen molar-refractivity contribution in [2.24, 2.45) is 0 Å². The number of likely N-dealkylation sites (N-methyl/N-ethyl adjacent to an activating group) is 1. The number of benzene rings is 2. The monoisotopic (exact) mass is 464 g/mol. The number of urea groups is 1. The Morgan fingerprint density at radius 2 is 1.79 bits per heavy atom. The van der Waals surface area contributed by atoms with Crippen LogP contribution in [-0.2, 0) is 27.8 Å². The maximum absolute atomic E-state index is 13.2. The van der Waals surface area contributed by atoms with Gasteiger partial charge in [0.15, 0.2) is 0 Å². The number of hydrogen-bond acceptors (Lipinski definition) is 5. The first-order valence-corrected chi connectivity index (χ1v) is 9.90. The van der Waals surface area contributed by atoms with Crippen molar-refractivity contribution < 1.29 is 32.3 Å². The van der Waals surface area contributed by atoms with Gasteiger partial charge in [0.1, 0.15) is 11.3 Å². The summed E-state index contributed by atoms with van der Waals surface area (Å²) < 4.78 is 44.6. The highest BCUT2D eigenvalue weighted by atomic mass is 19.4. The Kier molecular flexibility index (Phi) is 6.63. The second-order valence-corrected chi connectivity index (χ2v) is 7.79. The number of nitrogens with one attached hydrogen (secondary N) is 2. The first-order valence-electron chi connectivity index (χ1n) is 9.90. The Balaban J connectivity index is 1.66. The SMILES string of the molecule is COc1ccc(C2(C)NC(=O)N(NC(=O)CN(C)Cc3ccccc3C(F)(F)F)C2=O)cc1. The molecule has 0 bridgehead atoms. The third kappa shape index (κ3) is 5.08. The lowest BCUT2D eigenvalue weighted by Crippen LogP contribution is -2.50. The number of hydrogen-bond donors (Lipinski definition) is 2. The van der Waals surface area contributed by atoms with Gasteiger partial charge in [-0.2, -0.15) is 18.2 Å². The molecule has 8 nitrogen and oxygen atoms in total. The van der Waals surface area contributed by atoms with Crippen LogP contribution in [0, 0.1) is 0 Å². The Morgan fingerprint density at radius 3 is 2.39 bits per heavy atom. The zero-order valence-electron chi connectivity index (χ0n) is 18.2. The van der Waals surface area contributed by atoms with Gasteiger partial charge < -0.3 is 10.1 Å². The zero-order chi connectivity index (χ0) is 24.4. The molecular formula is C22H23F3N4O4. The van der Waals surface area contributed by atoms with Crippen molar-refractivity contribution in [3.8, 4) is 5.75 Å². The molecule has 1 saturated heterocycles. The molecule has 176 valence electrons. The molecule has 2 N–H and O–H groups in total. The number of carbonyl (C=O) groups excluding carboxylic acids is 3. The number of imide groups is 1. The highest BCUT2D eigenvalue weighted by molar-refractivity contribution is 6.08. The second-order valence-electron chi connectivity index (χ2n) is 7.79. The molecule has 0 saturated carbocycles.